The van der Waals surface area contributed by atoms with Crippen LogP contribution in [0.5, 0.6) is 0 Å². The summed E-state index contributed by atoms with van der Waals surface area (Å²) < 4.78 is 0. The Morgan fingerprint density at radius 3 is 2.69 bits per heavy atom. The fourth-order valence-corrected chi connectivity index (χ4v) is 2.31. The van der Waals surface area contributed by atoms with Crippen LogP contribution in [-0.2, 0) is 0 Å². The van der Waals surface area contributed by atoms with Gasteiger partial charge in [0.25, 0.3) is 0 Å². The summed E-state index contributed by atoms with van der Waals surface area (Å²) in [6.07, 6.45) is 7.37. The maximum atomic E-state index is 5.63. The molecule has 1 rings (SSSR count). The van der Waals surface area contributed by atoms with Gasteiger partial charge in [-0.1, -0.05) is 25.5 Å². The summed E-state index contributed by atoms with van der Waals surface area (Å²) in [6.45, 7) is 11.4. The maximum absolute atomic E-state index is 5.63. The van der Waals surface area contributed by atoms with Crippen molar-refractivity contribution in [3.63, 3.8) is 0 Å². The number of hydrogen-bond acceptors (Lipinski definition) is 2. The molecule has 1 aliphatic rings. The van der Waals surface area contributed by atoms with Crippen LogP contribution in [0, 0.1) is 5.41 Å². The Bertz CT molecular complexity index is 231. The van der Waals surface area contributed by atoms with Crippen LogP contribution in [0.1, 0.15) is 46.5 Å². The van der Waals surface area contributed by atoms with Crippen molar-refractivity contribution in [3.8, 4) is 0 Å². The summed E-state index contributed by atoms with van der Waals surface area (Å²) in [5, 5.41) is 0. The minimum atomic E-state index is 0.427. The molecule has 0 aromatic rings. The van der Waals surface area contributed by atoms with E-state index in [0.717, 1.165) is 19.5 Å². The van der Waals surface area contributed by atoms with Crippen molar-refractivity contribution < 1.29 is 0 Å². The highest BCUT2D eigenvalue weighted by molar-refractivity contribution is 5.03. The third-order valence-electron chi connectivity index (χ3n) is 3.67. The largest absolute Gasteiger partial charge is 0.330 e. The minimum absolute atomic E-state index is 0.427. The molecule has 0 unspecified atom stereocenters. The lowest BCUT2D eigenvalue weighted by molar-refractivity contribution is 0.245. The molecule has 0 saturated heterocycles. The van der Waals surface area contributed by atoms with Crippen molar-refractivity contribution in [2.24, 2.45) is 11.1 Å². The van der Waals surface area contributed by atoms with Gasteiger partial charge in [0.1, 0.15) is 0 Å². The molecule has 2 N–H and O–H groups in total. The molecule has 0 aromatic heterocycles. The smallest absolute Gasteiger partial charge is 0.0165 e. The van der Waals surface area contributed by atoms with Crippen LogP contribution in [0.3, 0.4) is 0 Å². The number of nitrogens with zero attached hydrogens (tertiary/aromatic N) is 1. The molecule has 2 heteroatoms. The van der Waals surface area contributed by atoms with Gasteiger partial charge in [0.15, 0.2) is 0 Å². The first-order chi connectivity index (χ1) is 7.53. The monoisotopic (exact) mass is 224 g/mol. The van der Waals surface area contributed by atoms with Gasteiger partial charge in [0.05, 0.1) is 0 Å². The van der Waals surface area contributed by atoms with Crippen LogP contribution in [0.2, 0.25) is 0 Å². The van der Waals surface area contributed by atoms with E-state index in [1.807, 2.05) is 0 Å². The van der Waals surface area contributed by atoms with Gasteiger partial charge in [-0.2, -0.15) is 0 Å². The normalized spacial score (nSPS) is 18.6. The van der Waals surface area contributed by atoms with Crippen LogP contribution in [0.15, 0.2) is 11.6 Å². The van der Waals surface area contributed by atoms with Crippen LogP contribution < -0.4 is 5.73 Å². The molecule has 0 aliphatic carbocycles. The molecule has 1 heterocycles. The number of hydrogen-bond donors (Lipinski definition) is 1. The van der Waals surface area contributed by atoms with E-state index < -0.39 is 0 Å². The van der Waals surface area contributed by atoms with Gasteiger partial charge in [0.2, 0.25) is 0 Å². The lowest BCUT2D eigenvalue weighted by Gasteiger charge is -2.28. The lowest BCUT2D eigenvalue weighted by Crippen LogP contribution is -2.30. The number of nitrogens with two attached hydrogens (primary N) is 1. The highest BCUT2D eigenvalue weighted by atomic mass is 15.1. The van der Waals surface area contributed by atoms with Crippen molar-refractivity contribution >= 4 is 0 Å². The Kier molecular flexibility index (Phi) is 5.50. The fourth-order valence-electron chi connectivity index (χ4n) is 2.31. The van der Waals surface area contributed by atoms with E-state index in [0.29, 0.717) is 5.41 Å². The van der Waals surface area contributed by atoms with Gasteiger partial charge >= 0.3 is 0 Å². The van der Waals surface area contributed by atoms with E-state index in [-0.39, 0.29) is 0 Å². The topological polar surface area (TPSA) is 29.3 Å². The summed E-state index contributed by atoms with van der Waals surface area (Å²) in [6, 6.07) is 0. The van der Waals surface area contributed by atoms with Gasteiger partial charge in [-0.15, -0.1) is 0 Å². The molecule has 0 fully saturated rings. The lowest BCUT2D eigenvalue weighted by atomic mass is 9.84. The molecule has 0 atom stereocenters. The Morgan fingerprint density at radius 1 is 1.38 bits per heavy atom. The second kappa shape index (κ2) is 6.41. The number of rotatable bonds is 6. The SMILES string of the molecule is CC1=CCN(CCCC(C)(C)CCN)CC1. The summed E-state index contributed by atoms with van der Waals surface area (Å²) in [4.78, 5) is 2.56. The predicted octanol–water partition coefficient (Wildman–Crippen LogP) is 2.79. The molecule has 94 valence electrons. The quantitative estimate of drug-likeness (QED) is 0.703. The zero-order valence-corrected chi connectivity index (χ0v) is 11.3. The van der Waals surface area contributed by atoms with E-state index >= 15 is 0 Å². The summed E-state index contributed by atoms with van der Waals surface area (Å²) in [5.74, 6) is 0. The first-order valence-corrected chi connectivity index (χ1v) is 6.61. The van der Waals surface area contributed by atoms with Crippen molar-refractivity contribution in [1.82, 2.24) is 4.90 Å². The van der Waals surface area contributed by atoms with E-state index in [2.05, 4.69) is 31.7 Å². The molecule has 0 saturated carbocycles. The molecule has 0 spiro atoms. The Morgan fingerprint density at radius 2 is 2.12 bits per heavy atom. The molecule has 16 heavy (non-hydrogen) atoms. The van der Waals surface area contributed by atoms with Crippen LogP contribution >= 0.6 is 0 Å². The van der Waals surface area contributed by atoms with Crippen LogP contribution in [-0.4, -0.2) is 31.1 Å². The maximum Gasteiger partial charge on any atom is 0.0165 e. The van der Waals surface area contributed by atoms with Gasteiger partial charge in [-0.05, 0) is 51.1 Å². The van der Waals surface area contributed by atoms with Crippen LogP contribution in [0.4, 0.5) is 0 Å². The average molecular weight is 224 g/mol. The highest BCUT2D eigenvalue weighted by Crippen LogP contribution is 2.26. The van der Waals surface area contributed by atoms with Gasteiger partial charge in [-0.25, -0.2) is 0 Å². The molecule has 0 aromatic carbocycles. The molecular formula is C14H28N2. The standard InChI is InChI=1S/C14H28N2/c1-13-5-11-16(12-6-13)10-4-7-14(2,3)8-9-15/h5H,4,6-12,15H2,1-3H3. The Hall–Kier alpha value is -0.340. The zero-order valence-electron chi connectivity index (χ0n) is 11.3. The fraction of sp³-hybridized carbons (Fsp3) is 0.857. The highest BCUT2D eigenvalue weighted by Gasteiger charge is 2.17. The molecule has 2 nitrogen and oxygen atoms in total. The van der Waals surface area contributed by atoms with Crippen molar-refractivity contribution in [1.29, 1.82) is 0 Å². The van der Waals surface area contributed by atoms with E-state index in [4.69, 9.17) is 5.73 Å². The zero-order chi connectivity index (χ0) is 12.0. The Labute approximate surface area is 101 Å². The second-order valence-corrected chi connectivity index (χ2v) is 5.91. The Balaban J connectivity index is 2.16. The molecule has 1 aliphatic heterocycles. The van der Waals surface area contributed by atoms with Crippen LogP contribution in [0.25, 0.3) is 0 Å². The first kappa shape index (κ1) is 13.7. The molecule has 0 amide bonds. The molecule has 0 bridgehead atoms. The third-order valence-corrected chi connectivity index (χ3v) is 3.67. The van der Waals surface area contributed by atoms with Gasteiger partial charge in [-0.3, -0.25) is 4.90 Å². The predicted molar refractivity (Wildman–Crippen MR) is 71.5 cm³/mol. The third kappa shape index (κ3) is 5.13. The van der Waals surface area contributed by atoms with E-state index in [9.17, 15) is 0 Å². The molecular weight excluding hydrogens is 196 g/mol. The average Bonchev–Trinajstić information content (AvgIpc) is 2.20. The molecule has 0 radical (unpaired) electrons. The van der Waals surface area contributed by atoms with Gasteiger partial charge in [0, 0.05) is 13.1 Å². The van der Waals surface area contributed by atoms with Crippen molar-refractivity contribution in [3.05, 3.63) is 11.6 Å². The van der Waals surface area contributed by atoms with Crippen molar-refractivity contribution in [2.75, 3.05) is 26.2 Å². The van der Waals surface area contributed by atoms with E-state index in [1.165, 1.54) is 32.4 Å². The summed E-state index contributed by atoms with van der Waals surface area (Å²) in [7, 11) is 0. The summed E-state index contributed by atoms with van der Waals surface area (Å²) in [5.41, 5.74) is 7.61. The van der Waals surface area contributed by atoms with Crippen molar-refractivity contribution in [2.45, 2.75) is 46.5 Å². The summed E-state index contributed by atoms with van der Waals surface area (Å²) >= 11 is 0. The first-order valence-electron chi connectivity index (χ1n) is 6.61. The van der Waals surface area contributed by atoms with E-state index in [1.54, 1.807) is 5.57 Å². The van der Waals surface area contributed by atoms with Gasteiger partial charge < -0.3 is 5.73 Å². The minimum Gasteiger partial charge on any atom is -0.330 e. The second-order valence-electron chi connectivity index (χ2n) is 5.91.